The van der Waals surface area contributed by atoms with Crippen molar-refractivity contribution < 1.29 is 29.0 Å². The number of halogens is 1. The minimum absolute atomic E-state index is 0.0236. The largest absolute Gasteiger partial charge is 0.496 e. The molecule has 2 aromatic rings. The molecule has 1 heterocycles. The lowest BCUT2D eigenvalue weighted by Gasteiger charge is -2.32. The summed E-state index contributed by atoms with van der Waals surface area (Å²) in [4.78, 5) is 55.1. The molecule has 0 spiro atoms. The van der Waals surface area contributed by atoms with Crippen molar-refractivity contribution in [1.29, 1.82) is 5.26 Å². The third kappa shape index (κ3) is 5.57. The summed E-state index contributed by atoms with van der Waals surface area (Å²) in [6.07, 6.45) is -1.31. The van der Waals surface area contributed by atoms with Gasteiger partial charge in [0.2, 0.25) is 11.8 Å². The molecule has 2 aromatic carbocycles. The topological polar surface area (TPSA) is 143 Å². The molecule has 12 heteroatoms. The molecule has 11 nitrogen and oxygen atoms in total. The van der Waals surface area contributed by atoms with Crippen LogP contribution in [0.1, 0.15) is 31.9 Å². The first-order chi connectivity index (χ1) is 17.9. The van der Waals surface area contributed by atoms with Gasteiger partial charge in [0, 0.05) is 24.0 Å². The van der Waals surface area contributed by atoms with Crippen molar-refractivity contribution in [2.24, 2.45) is 0 Å². The molecule has 1 aliphatic rings. The third-order valence-electron chi connectivity index (χ3n) is 6.55. The minimum atomic E-state index is -1.31. The van der Waals surface area contributed by atoms with E-state index in [4.69, 9.17) is 4.74 Å². The lowest BCUT2D eigenvalue weighted by atomic mass is 10.1. The van der Waals surface area contributed by atoms with Gasteiger partial charge in [-0.2, -0.15) is 5.26 Å². The van der Waals surface area contributed by atoms with Gasteiger partial charge in [-0.3, -0.25) is 19.3 Å². The fourth-order valence-corrected chi connectivity index (χ4v) is 4.74. The van der Waals surface area contributed by atoms with Crippen LogP contribution in [0.2, 0.25) is 0 Å². The molecule has 4 amide bonds. The van der Waals surface area contributed by atoms with E-state index in [0.29, 0.717) is 22.7 Å². The van der Waals surface area contributed by atoms with Gasteiger partial charge in [-0.25, -0.2) is 4.79 Å². The number of benzene rings is 2. The van der Waals surface area contributed by atoms with Crippen LogP contribution in [0.4, 0.5) is 16.2 Å². The first kappa shape index (κ1) is 28.5. The highest BCUT2D eigenvalue weighted by atomic mass is 79.9. The second-order valence-electron chi connectivity index (χ2n) is 8.88. The minimum Gasteiger partial charge on any atom is -0.496 e. The number of likely N-dealkylation sites (N-methyl/N-ethyl adjacent to an activating group) is 1. The number of anilines is 2. The Morgan fingerprint density at radius 1 is 1.24 bits per heavy atom. The van der Waals surface area contributed by atoms with E-state index in [1.54, 1.807) is 37.3 Å². The molecule has 2 N–H and O–H groups in total. The summed E-state index contributed by atoms with van der Waals surface area (Å²) in [5.41, 5.74) is 1.64. The zero-order valence-electron chi connectivity index (χ0n) is 21.6. The SMILES string of the molecule is COc1ccc(Br)cc1CN1C(=O)[C@@H](NC(=O)[C@H](C)N(C)C(=O)O)[C@H](C)N(C(C)=O)c2cc(C#N)ccc21. The Morgan fingerprint density at radius 2 is 1.92 bits per heavy atom. The van der Waals surface area contributed by atoms with Crippen LogP contribution in [0.15, 0.2) is 40.9 Å². The van der Waals surface area contributed by atoms with Crippen LogP contribution in [-0.4, -0.2) is 66.1 Å². The maximum Gasteiger partial charge on any atom is 0.407 e. The van der Waals surface area contributed by atoms with Crippen LogP contribution in [0.25, 0.3) is 0 Å². The number of nitriles is 1. The molecule has 3 rings (SSSR count). The van der Waals surface area contributed by atoms with Crippen LogP contribution in [0, 0.1) is 11.3 Å². The highest BCUT2D eigenvalue weighted by Crippen LogP contribution is 2.38. The van der Waals surface area contributed by atoms with Gasteiger partial charge < -0.3 is 25.0 Å². The fraction of sp³-hybridized carbons (Fsp3) is 0.346. The summed E-state index contributed by atoms with van der Waals surface area (Å²) in [6.45, 7) is 4.37. The number of carbonyl (C=O) groups is 4. The zero-order valence-corrected chi connectivity index (χ0v) is 23.1. The van der Waals surface area contributed by atoms with Crippen LogP contribution in [0.5, 0.6) is 5.75 Å². The molecular formula is C26H28BrN5O6. The predicted octanol–water partition coefficient (Wildman–Crippen LogP) is 3.10. The van der Waals surface area contributed by atoms with E-state index in [-0.39, 0.29) is 12.1 Å². The summed E-state index contributed by atoms with van der Waals surface area (Å²) >= 11 is 3.44. The van der Waals surface area contributed by atoms with E-state index < -0.39 is 41.9 Å². The number of nitrogens with zero attached hydrogens (tertiary/aromatic N) is 4. The molecule has 0 saturated heterocycles. The molecule has 38 heavy (non-hydrogen) atoms. The van der Waals surface area contributed by atoms with Crippen molar-refractivity contribution in [3.8, 4) is 11.8 Å². The Kier molecular flexibility index (Phi) is 8.63. The Balaban J connectivity index is 2.18. The molecule has 0 aliphatic carbocycles. The summed E-state index contributed by atoms with van der Waals surface area (Å²) in [6, 6.07) is 8.85. The molecule has 3 atom stereocenters. The summed E-state index contributed by atoms with van der Waals surface area (Å²) < 4.78 is 6.24. The van der Waals surface area contributed by atoms with E-state index in [0.717, 1.165) is 9.37 Å². The number of ether oxygens (including phenoxy) is 1. The Morgan fingerprint density at radius 3 is 2.50 bits per heavy atom. The van der Waals surface area contributed by atoms with Gasteiger partial charge in [-0.05, 0) is 50.2 Å². The quantitative estimate of drug-likeness (QED) is 0.530. The Hall–Kier alpha value is -4.11. The molecule has 0 radical (unpaired) electrons. The van der Waals surface area contributed by atoms with Crippen LogP contribution in [0.3, 0.4) is 0 Å². The smallest absolute Gasteiger partial charge is 0.407 e. The lowest BCUT2D eigenvalue weighted by Crippen LogP contribution is -2.60. The number of rotatable bonds is 6. The van der Waals surface area contributed by atoms with Crippen molar-refractivity contribution in [2.45, 2.75) is 45.4 Å². The van der Waals surface area contributed by atoms with Crippen molar-refractivity contribution in [3.63, 3.8) is 0 Å². The first-order valence-corrected chi connectivity index (χ1v) is 12.4. The zero-order chi connectivity index (χ0) is 28.3. The summed E-state index contributed by atoms with van der Waals surface area (Å²) in [5.74, 6) is -1.10. The Labute approximate surface area is 228 Å². The van der Waals surface area contributed by atoms with E-state index in [1.807, 2.05) is 0 Å². The summed E-state index contributed by atoms with van der Waals surface area (Å²) in [7, 11) is 2.75. The number of nitrogens with one attached hydrogen (secondary N) is 1. The molecule has 200 valence electrons. The molecule has 0 saturated carbocycles. The average molecular weight is 586 g/mol. The van der Waals surface area contributed by atoms with Gasteiger partial charge in [0.05, 0.1) is 42.7 Å². The summed E-state index contributed by atoms with van der Waals surface area (Å²) in [5, 5.41) is 21.5. The van der Waals surface area contributed by atoms with Crippen molar-refractivity contribution in [1.82, 2.24) is 10.2 Å². The number of fused-ring (bicyclic) bond motifs is 1. The van der Waals surface area contributed by atoms with Crippen molar-refractivity contribution in [2.75, 3.05) is 24.0 Å². The lowest BCUT2D eigenvalue weighted by molar-refractivity contribution is -0.130. The van der Waals surface area contributed by atoms with Crippen molar-refractivity contribution >= 4 is 51.1 Å². The maximum atomic E-state index is 14.1. The number of hydrogen-bond donors (Lipinski definition) is 2. The van der Waals surface area contributed by atoms with Gasteiger partial charge in [0.1, 0.15) is 17.8 Å². The predicted molar refractivity (Wildman–Crippen MR) is 143 cm³/mol. The maximum absolute atomic E-state index is 14.1. The van der Waals surface area contributed by atoms with E-state index in [1.165, 1.54) is 43.9 Å². The second kappa shape index (κ2) is 11.5. The van der Waals surface area contributed by atoms with E-state index in [2.05, 4.69) is 27.3 Å². The molecule has 0 aromatic heterocycles. The normalized spacial score (nSPS) is 17.6. The van der Waals surface area contributed by atoms with E-state index in [9.17, 15) is 29.5 Å². The standard InChI is InChI=1S/C26H28BrN5O6/c1-14-23(29-24(34)15(2)30(4)26(36)37)25(35)31(13-18-11-19(27)7-9-22(18)38-5)20-8-6-17(12-28)10-21(20)32(14)16(3)33/h6-11,14-15,23H,13H2,1-5H3,(H,29,34)(H,36,37)/t14-,15-,23-/m0/s1. The monoisotopic (exact) mass is 585 g/mol. The third-order valence-corrected chi connectivity index (χ3v) is 7.04. The van der Waals surface area contributed by atoms with Gasteiger partial charge in [0.25, 0.3) is 5.91 Å². The number of methoxy groups -OCH3 is 1. The number of hydrogen-bond acceptors (Lipinski definition) is 6. The van der Waals surface area contributed by atoms with E-state index >= 15 is 0 Å². The highest BCUT2D eigenvalue weighted by Gasteiger charge is 2.42. The molecule has 0 fully saturated rings. The average Bonchev–Trinajstić information content (AvgIpc) is 2.96. The van der Waals surface area contributed by atoms with Crippen molar-refractivity contribution in [3.05, 3.63) is 52.0 Å². The molecular weight excluding hydrogens is 558 g/mol. The molecule has 0 unspecified atom stereocenters. The second-order valence-corrected chi connectivity index (χ2v) is 9.80. The van der Waals surface area contributed by atoms with Gasteiger partial charge in [-0.15, -0.1) is 0 Å². The van der Waals surface area contributed by atoms with Gasteiger partial charge >= 0.3 is 6.09 Å². The van der Waals surface area contributed by atoms with Gasteiger partial charge in [0.15, 0.2) is 0 Å². The molecule has 0 bridgehead atoms. The fourth-order valence-electron chi connectivity index (χ4n) is 4.33. The highest BCUT2D eigenvalue weighted by molar-refractivity contribution is 9.10. The molecule has 1 aliphatic heterocycles. The van der Waals surface area contributed by atoms with Gasteiger partial charge in [-0.1, -0.05) is 15.9 Å². The number of amides is 4. The Bertz CT molecular complexity index is 1330. The first-order valence-electron chi connectivity index (χ1n) is 11.6. The van der Waals surface area contributed by atoms with Crippen LogP contribution < -0.4 is 19.9 Å². The van der Waals surface area contributed by atoms with Crippen LogP contribution >= 0.6 is 15.9 Å². The van der Waals surface area contributed by atoms with Crippen LogP contribution in [-0.2, 0) is 20.9 Å². The number of carbonyl (C=O) groups excluding carboxylic acids is 3. The number of carboxylic acid groups (broad SMARTS) is 1.